The average Bonchev–Trinajstić information content (AvgIpc) is 3.11. The van der Waals surface area contributed by atoms with Gasteiger partial charge in [-0.1, -0.05) is 18.9 Å². The first-order chi connectivity index (χ1) is 12.2. The van der Waals surface area contributed by atoms with Crippen molar-refractivity contribution >= 4 is 11.7 Å². The van der Waals surface area contributed by atoms with Crippen molar-refractivity contribution in [3.8, 4) is 0 Å². The molecule has 3 aliphatic rings. The van der Waals surface area contributed by atoms with Gasteiger partial charge in [-0.25, -0.2) is 4.98 Å². The lowest BCUT2D eigenvalue weighted by Gasteiger charge is -2.27. The standard InChI is InChI=1S/C20H30N4O/c21-19-16-7-6-15(11-16)18(19)20(25)23-13-14-5-8-17(22-12-14)24-9-3-1-2-4-10-24/h5,8,12,15-16,18-19H,1-4,6-7,9-11,13,21H2,(H,23,25). The zero-order valence-electron chi connectivity index (χ0n) is 15.0. The Morgan fingerprint density at radius 3 is 2.56 bits per heavy atom. The van der Waals surface area contributed by atoms with Crippen molar-refractivity contribution in [1.29, 1.82) is 0 Å². The number of anilines is 1. The van der Waals surface area contributed by atoms with Crippen molar-refractivity contribution < 1.29 is 4.79 Å². The molecule has 5 nitrogen and oxygen atoms in total. The van der Waals surface area contributed by atoms with Crippen LogP contribution in [0.1, 0.15) is 50.5 Å². The van der Waals surface area contributed by atoms with Gasteiger partial charge in [-0.15, -0.1) is 0 Å². The minimum absolute atomic E-state index is 0.0167. The Hall–Kier alpha value is -1.62. The predicted molar refractivity (Wildman–Crippen MR) is 99.1 cm³/mol. The summed E-state index contributed by atoms with van der Waals surface area (Å²) in [7, 11) is 0. The molecule has 2 heterocycles. The topological polar surface area (TPSA) is 71.2 Å². The van der Waals surface area contributed by atoms with Gasteiger partial charge in [0.2, 0.25) is 5.91 Å². The molecule has 25 heavy (non-hydrogen) atoms. The maximum absolute atomic E-state index is 12.6. The average molecular weight is 342 g/mol. The van der Waals surface area contributed by atoms with E-state index < -0.39 is 0 Å². The van der Waals surface area contributed by atoms with Gasteiger partial charge < -0.3 is 16.0 Å². The molecular formula is C20H30N4O. The molecule has 0 aromatic carbocycles. The highest BCUT2D eigenvalue weighted by atomic mass is 16.1. The molecule has 2 bridgehead atoms. The molecule has 0 spiro atoms. The molecule has 1 aliphatic heterocycles. The number of carbonyl (C=O) groups is 1. The number of hydrogen-bond acceptors (Lipinski definition) is 4. The minimum Gasteiger partial charge on any atom is -0.357 e. The van der Waals surface area contributed by atoms with E-state index in [1.54, 1.807) is 0 Å². The minimum atomic E-state index is 0.0167. The summed E-state index contributed by atoms with van der Waals surface area (Å²) in [5, 5.41) is 3.09. The first-order valence-electron chi connectivity index (χ1n) is 9.95. The van der Waals surface area contributed by atoms with Crippen molar-refractivity contribution in [1.82, 2.24) is 10.3 Å². The first kappa shape index (κ1) is 16.8. The molecule has 5 heteroatoms. The molecule has 4 unspecified atom stereocenters. The molecule has 0 radical (unpaired) electrons. The van der Waals surface area contributed by atoms with E-state index in [9.17, 15) is 4.79 Å². The molecule has 4 rings (SSSR count). The van der Waals surface area contributed by atoms with Gasteiger partial charge >= 0.3 is 0 Å². The van der Waals surface area contributed by atoms with Crippen LogP contribution in [0.4, 0.5) is 5.82 Å². The maximum Gasteiger partial charge on any atom is 0.225 e. The Labute approximate surface area is 150 Å². The van der Waals surface area contributed by atoms with E-state index in [4.69, 9.17) is 5.73 Å². The maximum atomic E-state index is 12.6. The molecule has 1 aromatic rings. The Morgan fingerprint density at radius 2 is 1.92 bits per heavy atom. The number of nitrogens with zero attached hydrogens (tertiary/aromatic N) is 2. The summed E-state index contributed by atoms with van der Waals surface area (Å²) >= 11 is 0. The third-order valence-electron chi connectivity index (χ3n) is 6.49. The number of rotatable bonds is 4. The summed E-state index contributed by atoms with van der Waals surface area (Å²) in [6.07, 6.45) is 10.6. The van der Waals surface area contributed by atoms with Crippen LogP contribution in [0, 0.1) is 17.8 Å². The second kappa shape index (κ2) is 7.32. The molecule has 2 aliphatic carbocycles. The fraction of sp³-hybridized carbons (Fsp3) is 0.700. The van der Waals surface area contributed by atoms with Gasteiger partial charge in [0.15, 0.2) is 0 Å². The lowest BCUT2D eigenvalue weighted by atomic mass is 9.84. The zero-order valence-corrected chi connectivity index (χ0v) is 15.0. The summed E-state index contributed by atoms with van der Waals surface area (Å²) in [6, 6.07) is 4.24. The number of amides is 1. The highest BCUT2D eigenvalue weighted by Gasteiger charge is 2.48. The first-order valence-corrected chi connectivity index (χ1v) is 9.95. The molecule has 1 saturated heterocycles. The largest absolute Gasteiger partial charge is 0.357 e. The Bertz CT molecular complexity index is 592. The van der Waals surface area contributed by atoms with E-state index >= 15 is 0 Å². The predicted octanol–water partition coefficient (Wildman–Crippen LogP) is 2.45. The Morgan fingerprint density at radius 1 is 1.16 bits per heavy atom. The molecule has 1 aromatic heterocycles. The SMILES string of the molecule is NC1C2CCC(C2)C1C(=O)NCc1ccc(N2CCCCCC2)nc1. The highest BCUT2D eigenvalue weighted by Crippen LogP contribution is 2.47. The van der Waals surface area contributed by atoms with Crippen LogP contribution in [0.2, 0.25) is 0 Å². The van der Waals surface area contributed by atoms with E-state index in [-0.39, 0.29) is 17.9 Å². The fourth-order valence-corrected chi connectivity index (χ4v) is 5.04. The molecular weight excluding hydrogens is 312 g/mol. The second-order valence-corrected chi connectivity index (χ2v) is 8.08. The van der Waals surface area contributed by atoms with E-state index in [0.29, 0.717) is 18.4 Å². The number of pyridine rings is 1. The van der Waals surface area contributed by atoms with Gasteiger partial charge in [-0.2, -0.15) is 0 Å². The Kier molecular flexibility index (Phi) is 4.93. The summed E-state index contributed by atoms with van der Waals surface area (Å²) in [5.74, 6) is 2.28. The molecule has 136 valence electrons. The smallest absolute Gasteiger partial charge is 0.225 e. The van der Waals surface area contributed by atoms with Gasteiger partial charge in [-0.3, -0.25) is 4.79 Å². The van der Waals surface area contributed by atoms with E-state index in [0.717, 1.165) is 30.9 Å². The lowest BCUT2D eigenvalue weighted by Crippen LogP contribution is -2.45. The van der Waals surface area contributed by atoms with Crippen molar-refractivity contribution in [3.05, 3.63) is 23.9 Å². The zero-order chi connectivity index (χ0) is 17.2. The third-order valence-corrected chi connectivity index (χ3v) is 6.49. The molecule has 1 amide bonds. The number of carbonyl (C=O) groups excluding carboxylic acids is 1. The molecule has 2 saturated carbocycles. The number of aromatic nitrogens is 1. The number of hydrogen-bond donors (Lipinski definition) is 2. The quantitative estimate of drug-likeness (QED) is 0.882. The van der Waals surface area contributed by atoms with Crippen LogP contribution in [0.3, 0.4) is 0 Å². The van der Waals surface area contributed by atoms with E-state index in [1.165, 1.54) is 38.5 Å². The molecule has 4 atom stereocenters. The summed E-state index contributed by atoms with van der Waals surface area (Å²) < 4.78 is 0. The second-order valence-electron chi connectivity index (χ2n) is 8.08. The molecule has 3 fully saturated rings. The highest BCUT2D eigenvalue weighted by molar-refractivity contribution is 5.80. The van der Waals surface area contributed by atoms with Crippen LogP contribution in [0.15, 0.2) is 18.3 Å². The lowest BCUT2D eigenvalue weighted by molar-refractivity contribution is -0.127. The summed E-state index contributed by atoms with van der Waals surface area (Å²) in [5.41, 5.74) is 7.33. The number of nitrogens with two attached hydrogens (primary N) is 1. The van der Waals surface area contributed by atoms with Gasteiger partial charge in [-0.05, 0) is 55.6 Å². The number of nitrogens with one attached hydrogen (secondary N) is 1. The van der Waals surface area contributed by atoms with Crippen LogP contribution in [-0.2, 0) is 11.3 Å². The van der Waals surface area contributed by atoms with Crippen molar-refractivity contribution in [3.63, 3.8) is 0 Å². The number of fused-ring (bicyclic) bond motifs is 2. The van der Waals surface area contributed by atoms with Gasteiger partial charge in [0, 0.05) is 31.9 Å². The van der Waals surface area contributed by atoms with Crippen LogP contribution in [0.5, 0.6) is 0 Å². The van der Waals surface area contributed by atoms with Gasteiger partial charge in [0.05, 0.1) is 5.92 Å². The van der Waals surface area contributed by atoms with E-state index in [2.05, 4.69) is 27.3 Å². The van der Waals surface area contributed by atoms with Crippen LogP contribution >= 0.6 is 0 Å². The van der Waals surface area contributed by atoms with Crippen molar-refractivity contribution in [2.24, 2.45) is 23.5 Å². The van der Waals surface area contributed by atoms with Crippen LogP contribution in [0.25, 0.3) is 0 Å². The third kappa shape index (κ3) is 3.52. The van der Waals surface area contributed by atoms with Crippen molar-refractivity contribution in [2.45, 2.75) is 57.5 Å². The molecule has 3 N–H and O–H groups in total. The summed E-state index contributed by atoms with van der Waals surface area (Å²) in [4.78, 5) is 19.6. The monoisotopic (exact) mass is 342 g/mol. The Balaban J connectivity index is 1.31. The normalized spacial score (nSPS) is 31.8. The van der Waals surface area contributed by atoms with E-state index in [1.807, 2.05) is 6.20 Å². The van der Waals surface area contributed by atoms with Gasteiger partial charge in [0.1, 0.15) is 5.82 Å². The van der Waals surface area contributed by atoms with Crippen LogP contribution in [-0.4, -0.2) is 30.0 Å². The summed E-state index contributed by atoms with van der Waals surface area (Å²) in [6.45, 7) is 2.75. The fourth-order valence-electron chi connectivity index (χ4n) is 5.04. The van der Waals surface area contributed by atoms with Crippen LogP contribution < -0.4 is 16.0 Å². The van der Waals surface area contributed by atoms with Gasteiger partial charge in [0.25, 0.3) is 0 Å². The van der Waals surface area contributed by atoms with Crippen molar-refractivity contribution in [2.75, 3.05) is 18.0 Å².